The molecule has 0 saturated heterocycles. The zero-order valence-electron chi connectivity index (χ0n) is 10.0. The molecule has 6 heteroatoms. The summed E-state index contributed by atoms with van der Waals surface area (Å²) in [6.07, 6.45) is 0. The number of nitrogens with zero attached hydrogens (tertiary/aromatic N) is 1. The first-order valence-electron chi connectivity index (χ1n) is 5.31. The molecule has 0 aliphatic heterocycles. The first-order valence-corrected chi connectivity index (χ1v) is 7.20. The third-order valence-corrected chi connectivity index (χ3v) is 4.15. The van der Waals surface area contributed by atoms with Crippen LogP contribution in [0, 0.1) is 13.8 Å². The Bertz CT molecular complexity index is 544. The van der Waals surface area contributed by atoms with Crippen LogP contribution in [0.2, 0.25) is 0 Å². The number of thiazole rings is 1. The van der Waals surface area contributed by atoms with Gasteiger partial charge in [-0.1, -0.05) is 0 Å². The highest BCUT2D eigenvalue weighted by molar-refractivity contribution is 7.79. The number of hydrogen-bond acceptors (Lipinski definition) is 5. The Morgan fingerprint density at radius 3 is 2.50 bits per heavy atom. The maximum absolute atomic E-state index is 10.7. The number of hydrogen-bond donors (Lipinski definition) is 0. The number of ether oxygens (including phenoxy) is 1. The van der Waals surface area contributed by atoms with Crippen LogP contribution in [0.1, 0.15) is 15.6 Å². The van der Waals surface area contributed by atoms with Crippen molar-refractivity contribution in [3.8, 4) is 5.75 Å². The quantitative estimate of drug-likeness (QED) is 0.809. The summed E-state index contributed by atoms with van der Waals surface area (Å²) in [7, 11) is 0. The lowest BCUT2D eigenvalue weighted by Gasteiger charge is -2.07. The Balaban J connectivity index is 2.00. The van der Waals surface area contributed by atoms with Gasteiger partial charge in [-0.25, -0.2) is 4.98 Å². The van der Waals surface area contributed by atoms with E-state index >= 15 is 0 Å². The maximum Gasteiger partial charge on any atom is 0.140 e. The SMILES string of the molecule is Cc1nc(COc2ccc(S(=O)[O-])cc2)sc1C. The fraction of sp³-hybridized carbons (Fsp3) is 0.250. The predicted octanol–water partition coefficient (Wildman–Crippen LogP) is 2.58. The normalized spacial score (nSPS) is 12.4. The second-order valence-electron chi connectivity index (χ2n) is 3.74. The molecule has 0 bridgehead atoms. The Hall–Kier alpha value is -1.24. The van der Waals surface area contributed by atoms with Gasteiger partial charge < -0.3 is 9.29 Å². The number of aryl methyl sites for hydroxylation is 2. The summed E-state index contributed by atoms with van der Waals surface area (Å²) in [5.74, 6) is 0.634. The molecule has 1 heterocycles. The Morgan fingerprint density at radius 2 is 2.00 bits per heavy atom. The van der Waals surface area contributed by atoms with E-state index in [4.69, 9.17) is 4.74 Å². The third kappa shape index (κ3) is 3.16. The van der Waals surface area contributed by atoms with Crippen molar-refractivity contribution in [1.29, 1.82) is 0 Å². The summed E-state index contributed by atoms with van der Waals surface area (Å²) in [5, 5.41) is 0.918. The standard InChI is InChI=1S/C12H13NO3S2/c1-8-9(2)17-12(13-8)7-16-10-3-5-11(6-4-10)18(14)15/h3-6H,7H2,1-2H3,(H,14,15)/p-1. The molecule has 0 aliphatic rings. The molecule has 1 aromatic heterocycles. The van der Waals surface area contributed by atoms with E-state index in [1.54, 1.807) is 23.5 Å². The van der Waals surface area contributed by atoms with Crippen LogP contribution in [0.25, 0.3) is 0 Å². The van der Waals surface area contributed by atoms with Crippen LogP contribution in [0.5, 0.6) is 5.75 Å². The molecule has 1 aromatic carbocycles. The number of aromatic nitrogens is 1. The van der Waals surface area contributed by atoms with Crippen LogP contribution in [0.4, 0.5) is 0 Å². The summed E-state index contributed by atoms with van der Waals surface area (Å²) < 4.78 is 26.9. The van der Waals surface area contributed by atoms with Gasteiger partial charge in [0.25, 0.3) is 0 Å². The van der Waals surface area contributed by atoms with Gasteiger partial charge in [0.05, 0.1) is 5.69 Å². The molecule has 1 atom stereocenters. The van der Waals surface area contributed by atoms with Crippen molar-refractivity contribution in [2.45, 2.75) is 25.3 Å². The second-order valence-corrected chi connectivity index (χ2v) is 5.97. The molecule has 2 rings (SSSR count). The van der Waals surface area contributed by atoms with E-state index in [0.29, 0.717) is 12.4 Å². The van der Waals surface area contributed by atoms with E-state index in [1.807, 2.05) is 13.8 Å². The average Bonchev–Trinajstić information content (AvgIpc) is 2.67. The highest BCUT2D eigenvalue weighted by Crippen LogP contribution is 2.19. The van der Waals surface area contributed by atoms with Crippen molar-refractivity contribution in [3.05, 3.63) is 39.8 Å². The van der Waals surface area contributed by atoms with Crippen molar-refractivity contribution in [1.82, 2.24) is 4.98 Å². The van der Waals surface area contributed by atoms with Gasteiger partial charge in [-0.15, -0.1) is 11.3 Å². The van der Waals surface area contributed by atoms with Crippen molar-refractivity contribution in [2.75, 3.05) is 0 Å². The van der Waals surface area contributed by atoms with E-state index in [2.05, 4.69) is 4.98 Å². The van der Waals surface area contributed by atoms with E-state index < -0.39 is 11.1 Å². The molecule has 0 fully saturated rings. The zero-order valence-corrected chi connectivity index (χ0v) is 11.6. The largest absolute Gasteiger partial charge is 0.768 e. The first-order chi connectivity index (χ1) is 8.56. The van der Waals surface area contributed by atoms with Crippen molar-refractivity contribution >= 4 is 22.4 Å². The molecular formula is C12H12NO3S2-. The Kier molecular flexibility index (Phi) is 4.11. The minimum atomic E-state index is -2.19. The lowest BCUT2D eigenvalue weighted by molar-refractivity contribution is 0.305. The lowest BCUT2D eigenvalue weighted by Crippen LogP contribution is -1.95. The molecule has 0 radical (unpaired) electrons. The number of rotatable bonds is 4. The summed E-state index contributed by atoms with van der Waals surface area (Å²) in [5.41, 5.74) is 1.02. The Morgan fingerprint density at radius 1 is 1.33 bits per heavy atom. The minimum Gasteiger partial charge on any atom is -0.768 e. The van der Waals surface area contributed by atoms with Gasteiger partial charge in [0.1, 0.15) is 17.4 Å². The smallest absolute Gasteiger partial charge is 0.140 e. The molecular weight excluding hydrogens is 270 g/mol. The predicted molar refractivity (Wildman–Crippen MR) is 69.5 cm³/mol. The van der Waals surface area contributed by atoms with E-state index in [1.165, 1.54) is 17.0 Å². The van der Waals surface area contributed by atoms with E-state index in [-0.39, 0.29) is 4.90 Å². The molecule has 0 saturated carbocycles. The van der Waals surface area contributed by atoms with Gasteiger partial charge in [0.15, 0.2) is 0 Å². The minimum absolute atomic E-state index is 0.253. The van der Waals surface area contributed by atoms with Crippen LogP contribution in [0.3, 0.4) is 0 Å². The molecule has 0 amide bonds. The second kappa shape index (κ2) is 5.60. The van der Waals surface area contributed by atoms with Crippen LogP contribution < -0.4 is 4.74 Å². The summed E-state index contributed by atoms with van der Waals surface area (Å²) in [4.78, 5) is 5.80. The molecule has 1 unspecified atom stereocenters. The monoisotopic (exact) mass is 282 g/mol. The fourth-order valence-electron chi connectivity index (χ4n) is 1.39. The van der Waals surface area contributed by atoms with Crippen LogP contribution >= 0.6 is 11.3 Å². The molecule has 0 aliphatic carbocycles. The van der Waals surface area contributed by atoms with Gasteiger partial charge >= 0.3 is 0 Å². The molecule has 18 heavy (non-hydrogen) atoms. The average molecular weight is 282 g/mol. The van der Waals surface area contributed by atoms with Crippen molar-refractivity contribution in [2.24, 2.45) is 0 Å². The van der Waals surface area contributed by atoms with Gasteiger partial charge in [0.2, 0.25) is 0 Å². The van der Waals surface area contributed by atoms with Crippen molar-refractivity contribution in [3.63, 3.8) is 0 Å². The fourth-order valence-corrected chi connectivity index (χ4v) is 2.60. The lowest BCUT2D eigenvalue weighted by atomic mass is 10.3. The topological polar surface area (TPSA) is 62.2 Å². The Labute approximate surface area is 112 Å². The molecule has 96 valence electrons. The number of benzene rings is 1. The van der Waals surface area contributed by atoms with Crippen LogP contribution in [-0.2, 0) is 17.7 Å². The summed E-state index contributed by atoms with van der Waals surface area (Å²) in [6, 6.07) is 6.30. The summed E-state index contributed by atoms with van der Waals surface area (Å²) >= 11 is -0.586. The molecule has 0 spiro atoms. The van der Waals surface area contributed by atoms with Gasteiger partial charge in [-0.05, 0) is 49.2 Å². The van der Waals surface area contributed by atoms with Gasteiger partial charge in [-0.3, -0.25) is 4.21 Å². The highest BCUT2D eigenvalue weighted by Gasteiger charge is 2.04. The van der Waals surface area contributed by atoms with E-state index in [0.717, 1.165) is 10.7 Å². The maximum atomic E-state index is 10.7. The van der Waals surface area contributed by atoms with Crippen molar-refractivity contribution < 1.29 is 13.5 Å². The van der Waals surface area contributed by atoms with Crippen LogP contribution in [0.15, 0.2) is 29.2 Å². The summed E-state index contributed by atoms with van der Waals surface area (Å²) in [6.45, 7) is 4.39. The van der Waals surface area contributed by atoms with E-state index in [9.17, 15) is 8.76 Å². The highest BCUT2D eigenvalue weighted by atomic mass is 32.2. The van der Waals surface area contributed by atoms with Gasteiger partial charge in [-0.2, -0.15) is 0 Å². The molecule has 0 N–H and O–H groups in total. The zero-order chi connectivity index (χ0) is 13.1. The van der Waals surface area contributed by atoms with Crippen LogP contribution in [-0.4, -0.2) is 13.7 Å². The van der Waals surface area contributed by atoms with Gasteiger partial charge in [0, 0.05) is 9.77 Å². The molecule has 4 nitrogen and oxygen atoms in total. The first kappa shape index (κ1) is 13.2. The molecule has 2 aromatic rings. The third-order valence-electron chi connectivity index (χ3n) is 2.45.